The van der Waals surface area contributed by atoms with Crippen LogP contribution in [0.4, 0.5) is 0 Å². The maximum Gasteiger partial charge on any atom is 0.143 e. The van der Waals surface area contributed by atoms with Crippen molar-refractivity contribution in [2.24, 2.45) is 5.73 Å². The van der Waals surface area contributed by atoms with E-state index in [0.29, 0.717) is 0 Å². The van der Waals surface area contributed by atoms with E-state index in [9.17, 15) is 0 Å². The molecule has 0 fully saturated rings. The van der Waals surface area contributed by atoms with Crippen LogP contribution >= 0.6 is 0 Å². The van der Waals surface area contributed by atoms with E-state index in [0.717, 1.165) is 22.8 Å². The van der Waals surface area contributed by atoms with Crippen LogP contribution in [0.15, 0.2) is 36.8 Å². The fourth-order valence-electron chi connectivity index (χ4n) is 1.81. The van der Waals surface area contributed by atoms with Gasteiger partial charge >= 0.3 is 0 Å². The lowest BCUT2D eigenvalue weighted by Gasteiger charge is -2.03. The lowest BCUT2D eigenvalue weighted by atomic mass is 10.1. The minimum atomic E-state index is -0.114. The quantitative estimate of drug-likeness (QED) is 0.729. The third-order valence-corrected chi connectivity index (χ3v) is 2.80. The maximum atomic E-state index is 5.79. The van der Waals surface area contributed by atoms with Crippen LogP contribution in [-0.2, 0) is 0 Å². The average molecular weight is 255 g/mol. The molecule has 7 heteroatoms. The molecule has 1 atom stereocenters. The van der Waals surface area contributed by atoms with Crippen molar-refractivity contribution in [2.45, 2.75) is 13.0 Å². The molecule has 0 bridgehead atoms. The third kappa shape index (κ3) is 2.23. The summed E-state index contributed by atoms with van der Waals surface area (Å²) in [5.74, 6) is 0.767. The first-order chi connectivity index (χ1) is 9.24. The van der Waals surface area contributed by atoms with Crippen LogP contribution in [0.3, 0.4) is 0 Å². The molecule has 0 aliphatic carbocycles. The van der Waals surface area contributed by atoms with Gasteiger partial charge in [0, 0.05) is 5.56 Å². The van der Waals surface area contributed by atoms with Crippen molar-refractivity contribution < 1.29 is 0 Å². The Kier molecular flexibility index (Phi) is 2.81. The number of rotatable bonds is 3. The van der Waals surface area contributed by atoms with Gasteiger partial charge in [-0.25, -0.2) is 9.67 Å². The van der Waals surface area contributed by atoms with Gasteiger partial charge in [-0.1, -0.05) is 12.1 Å². The van der Waals surface area contributed by atoms with E-state index in [2.05, 4.69) is 25.5 Å². The summed E-state index contributed by atoms with van der Waals surface area (Å²) in [6, 6.07) is 7.74. The van der Waals surface area contributed by atoms with Gasteiger partial charge in [0.15, 0.2) is 0 Å². The molecular weight excluding hydrogens is 242 g/mol. The first kappa shape index (κ1) is 11.5. The second kappa shape index (κ2) is 4.62. The first-order valence-corrected chi connectivity index (χ1v) is 5.88. The molecule has 0 aliphatic heterocycles. The van der Waals surface area contributed by atoms with E-state index < -0.39 is 0 Å². The van der Waals surface area contributed by atoms with Crippen molar-refractivity contribution in [1.82, 2.24) is 30.2 Å². The molecule has 19 heavy (non-hydrogen) atoms. The SMILES string of the molecule is CC(N)c1ncc(-c2cccc(-n3cnnn3)c2)[nH]1. The number of hydrogen-bond acceptors (Lipinski definition) is 5. The Morgan fingerprint density at radius 3 is 2.95 bits per heavy atom. The van der Waals surface area contributed by atoms with Gasteiger partial charge in [0.1, 0.15) is 12.2 Å². The van der Waals surface area contributed by atoms with Crippen molar-refractivity contribution in [2.75, 3.05) is 0 Å². The molecule has 3 N–H and O–H groups in total. The van der Waals surface area contributed by atoms with Crippen molar-refractivity contribution >= 4 is 0 Å². The van der Waals surface area contributed by atoms with Crippen LogP contribution in [0.25, 0.3) is 16.9 Å². The largest absolute Gasteiger partial charge is 0.341 e. The third-order valence-electron chi connectivity index (χ3n) is 2.80. The van der Waals surface area contributed by atoms with E-state index in [4.69, 9.17) is 5.73 Å². The summed E-state index contributed by atoms with van der Waals surface area (Å²) in [5.41, 5.74) is 8.60. The summed E-state index contributed by atoms with van der Waals surface area (Å²) < 4.78 is 1.60. The van der Waals surface area contributed by atoms with Crippen LogP contribution in [-0.4, -0.2) is 30.2 Å². The number of tetrazole rings is 1. The number of nitrogens with zero attached hydrogens (tertiary/aromatic N) is 5. The molecular formula is C12H13N7. The number of nitrogens with two attached hydrogens (primary N) is 1. The monoisotopic (exact) mass is 255 g/mol. The summed E-state index contributed by atoms with van der Waals surface area (Å²) in [7, 11) is 0. The Morgan fingerprint density at radius 1 is 1.37 bits per heavy atom. The summed E-state index contributed by atoms with van der Waals surface area (Å²) in [5, 5.41) is 11.1. The summed E-state index contributed by atoms with van der Waals surface area (Å²) >= 11 is 0. The highest BCUT2D eigenvalue weighted by atomic mass is 15.5. The number of imidazole rings is 1. The minimum Gasteiger partial charge on any atom is -0.341 e. The van der Waals surface area contributed by atoms with E-state index in [-0.39, 0.29) is 6.04 Å². The van der Waals surface area contributed by atoms with E-state index in [1.165, 1.54) is 0 Å². The van der Waals surface area contributed by atoms with Crippen LogP contribution in [0.1, 0.15) is 18.8 Å². The van der Waals surface area contributed by atoms with Crippen molar-refractivity contribution in [1.29, 1.82) is 0 Å². The predicted molar refractivity (Wildman–Crippen MR) is 69.3 cm³/mol. The lowest BCUT2D eigenvalue weighted by molar-refractivity contribution is 0.756. The molecule has 0 amide bonds. The van der Waals surface area contributed by atoms with E-state index in [1.54, 1.807) is 17.2 Å². The van der Waals surface area contributed by atoms with Crippen LogP contribution in [0.2, 0.25) is 0 Å². The van der Waals surface area contributed by atoms with Crippen LogP contribution < -0.4 is 5.73 Å². The van der Waals surface area contributed by atoms with Gasteiger partial charge in [0.25, 0.3) is 0 Å². The van der Waals surface area contributed by atoms with Crippen molar-refractivity contribution in [3.8, 4) is 16.9 Å². The number of benzene rings is 1. The molecule has 1 unspecified atom stereocenters. The molecule has 0 spiro atoms. The molecule has 3 rings (SSSR count). The molecule has 0 saturated heterocycles. The number of aromatic nitrogens is 6. The van der Waals surface area contributed by atoms with Gasteiger partial charge in [-0.2, -0.15) is 0 Å². The lowest BCUT2D eigenvalue weighted by Crippen LogP contribution is -2.06. The highest BCUT2D eigenvalue weighted by Crippen LogP contribution is 2.21. The normalized spacial score (nSPS) is 12.5. The van der Waals surface area contributed by atoms with Gasteiger partial charge in [-0.15, -0.1) is 5.10 Å². The summed E-state index contributed by atoms with van der Waals surface area (Å²) in [6.07, 6.45) is 3.33. The molecule has 0 saturated carbocycles. The Morgan fingerprint density at radius 2 is 2.26 bits per heavy atom. The fraction of sp³-hybridized carbons (Fsp3) is 0.167. The topological polar surface area (TPSA) is 98.3 Å². The minimum absolute atomic E-state index is 0.114. The second-order valence-corrected chi connectivity index (χ2v) is 4.28. The molecule has 2 heterocycles. The maximum absolute atomic E-state index is 5.79. The Labute approximate surface area is 109 Å². The van der Waals surface area contributed by atoms with Crippen LogP contribution in [0.5, 0.6) is 0 Å². The van der Waals surface area contributed by atoms with Gasteiger partial charge in [-0.3, -0.25) is 0 Å². The van der Waals surface area contributed by atoms with Crippen molar-refractivity contribution in [3.63, 3.8) is 0 Å². The smallest absolute Gasteiger partial charge is 0.143 e. The number of aromatic amines is 1. The standard InChI is InChI=1S/C12H13N7/c1-8(13)12-14-6-11(16-12)9-3-2-4-10(5-9)19-7-15-17-18-19/h2-8H,13H2,1H3,(H,14,16). The molecule has 7 nitrogen and oxygen atoms in total. The molecule has 0 radical (unpaired) electrons. The highest BCUT2D eigenvalue weighted by Gasteiger charge is 2.07. The molecule has 0 aliphatic rings. The Hall–Kier alpha value is -2.54. The first-order valence-electron chi connectivity index (χ1n) is 5.88. The Bertz CT molecular complexity index is 669. The molecule has 1 aromatic carbocycles. The van der Waals surface area contributed by atoms with E-state index in [1.807, 2.05) is 31.2 Å². The van der Waals surface area contributed by atoms with Crippen LogP contribution in [0, 0.1) is 0 Å². The van der Waals surface area contributed by atoms with Gasteiger partial charge < -0.3 is 10.7 Å². The summed E-state index contributed by atoms with van der Waals surface area (Å²) in [6.45, 7) is 1.89. The zero-order valence-corrected chi connectivity index (χ0v) is 10.4. The zero-order valence-electron chi connectivity index (χ0n) is 10.4. The number of nitrogens with one attached hydrogen (secondary N) is 1. The number of H-pyrrole nitrogens is 1. The van der Waals surface area contributed by atoms with Crippen molar-refractivity contribution in [3.05, 3.63) is 42.6 Å². The highest BCUT2D eigenvalue weighted by molar-refractivity contribution is 5.61. The number of hydrogen-bond donors (Lipinski definition) is 2. The molecule has 3 aromatic rings. The zero-order chi connectivity index (χ0) is 13.2. The molecule has 2 aromatic heterocycles. The second-order valence-electron chi connectivity index (χ2n) is 4.28. The van der Waals surface area contributed by atoms with Gasteiger partial charge in [0.05, 0.1) is 23.6 Å². The molecule has 96 valence electrons. The average Bonchev–Trinajstić information content (AvgIpc) is 3.10. The Balaban J connectivity index is 1.99. The summed E-state index contributed by atoms with van der Waals surface area (Å²) in [4.78, 5) is 7.46. The fourth-order valence-corrected chi connectivity index (χ4v) is 1.81. The van der Waals surface area contributed by atoms with Gasteiger partial charge in [0.2, 0.25) is 0 Å². The predicted octanol–water partition coefficient (Wildman–Crippen LogP) is 1.07. The van der Waals surface area contributed by atoms with Gasteiger partial charge in [-0.05, 0) is 29.5 Å². The van der Waals surface area contributed by atoms with E-state index >= 15 is 0 Å².